The summed E-state index contributed by atoms with van der Waals surface area (Å²) in [7, 11) is 0. The van der Waals surface area contributed by atoms with Crippen molar-refractivity contribution in [3.63, 3.8) is 0 Å². The second kappa shape index (κ2) is 8.57. The van der Waals surface area contributed by atoms with E-state index in [9.17, 15) is 9.59 Å². The van der Waals surface area contributed by atoms with E-state index in [0.29, 0.717) is 12.2 Å². The predicted octanol–water partition coefficient (Wildman–Crippen LogP) is 4.91. The summed E-state index contributed by atoms with van der Waals surface area (Å²) in [4.78, 5) is 23.9. The third-order valence-electron chi connectivity index (χ3n) is 4.54. The summed E-state index contributed by atoms with van der Waals surface area (Å²) in [5, 5.41) is 9.72. The van der Waals surface area contributed by atoms with Crippen molar-refractivity contribution in [3.8, 4) is 5.75 Å². The van der Waals surface area contributed by atoms with Crippen molar-refractivity contribution in [2.24, 2.45) is 0 Å². The maximum absolute atomic E-state index is 13.1. The number of aryl methyl sites for hydroxylation is 1. The Labute approximate surface area is 163 Å². The molecule has 0 saturated heterocycles. The highest BCUT2D eigenvalue weighted by Gasteiger charge is 2.16. The molecular formula is C23H23NO4. The summed E-state index contributed by atoms with van der Waals surface area (Å²) in [6.07, 6.45) is 4.70. The minimum atomic E-state index is -1.01. The topological polar surface area (TPSA) is 68.5 Å². The number of benzene rings is 2. The number of ether oxygens (including phenoxy) is 1. The van der Waals surface area contributed by atoms with Gasteiger partial charge in [0.15, 0.2) is 0 Å². The summed E-state index contributed by atoms with van der Waals surface area (Å²) >= 11 is 0. The van der Waals surface area contributed by atoms with Crippen LogP contribution in [0.25, 0.3) is 17.0 Å². The highest BCUT2D eigenvalue weighted by atomic mass is 16.5. The number of carboxylic acid groups (broad SMARTS) is 1. The van der Waals surface area contributed by atoms with E-state index in [1.165, 1.54) is 0 Å². The first-order chi connectivity index (χ1) is 13.5. The van der Waals surface area contributed by atoms with E-state index in [1.54, 1.807) is 22.8 Å². The van der Waals surface area contributed by atoms with Gasteiger partial charge in [-0.3, -0.25) is 9.36 Å². The molecule has 3 rings (SSSR count). The lowest BCUT2D eigenvalue weighted by molar-refractivity contribution is -0.131. The Morgan fingerprint density at radius 3 is 2.57 bits per heavy atom. The fraction of sp³-hybridized carbons (Fsp3) is 0.217. The molecule has 0 spiro atoms. The van der Waals surface area contributed by atoms with Crippen molar-refractivity contribution < 1.29 is 19.4 Å². The van der Waals surface area contributed by atoms with Crippen molar-refractivity contribution in [2.45, 2.75) is 26.7 Å². The molecule has 0 saturated carbocycles. The van der Waals surface area contributed by atoms with Gasteiger partial charge in [0.25, 0.3) is 5.91 Å². The molecule has 28 heavy (non-hydrogen) atoms. The smallest absolute Gasteiger partial charge is 0.328 e. The standard InChI is InChI=1S/C23H23NO4/c1-3-4-14-28-19-11-8-18(9-12-19)23(27)24-16(2)15-20-17(10-13-22(25)26)6-5-7-21(20)24/h5-13,15H,3-4,14H2,1-2H3,(H,25,26)/b13-10+. The number of hydrogen-bond donors (Lipinski definition) is 1. The Kier molecular flexibility index (Phi) is 5.94. The lowest BCUT2D eigenvalue weighted by Gasteiger charge is -2.09. The van der Waals surface area contributed by atoms with Crippen molar-refractivity contribution in [1.82, 2.24) is 4.57 Å². The molecule has 1 heterocycles. The van der Waals surface area contributed by atoms with Gasteiger partial charge in [-0.2, -0.15) is 0 Å². The van der Waals surface area contributed by atoms with Crippen molar-refractivity contribution in [1.29, 1.82) is 0 Å². The minimum absolute atomic E-state index is 0.132. The van der Waals surface area contributed by atoms with E-state index < -0.39 is 5.97 Å². The SMILES string of the molecule is CCCCOc1ccc(C(=O)n2c(C)cc3c(/C=C/C(=O)O)cccc32)cc1. The third kappa shape index (κ3) is 4.14. The van der Waals surface area contributed by atoms with Crippen LogP contribution >= 0.6 is 0 Å². The van der Waals surface area contributed by atoms with Crippen LogP contribution in [0.5, 0.6) is 5.75 Å². The molecule has 0 radical (unpaired) electrons. The highest BCUT2D eigenvalue weighted by Crippen LogP contribution is 2.26. The summed E-state index contributed by atoms with van der Waals surface area (Å²) < 4.78 is 7.31. The Bertz CT molecular complexity index is 1030. The first kappa shape index (κ1) is 19.4. The molecule has 0 bridgehead atoms. The van der Waals surface area contributed by atoms with Gasteiger partial charge in [0.2, 0.25) is 0 Å². The largest absolute Gasteiger partial charge is 0.494 e. The normalized spacial score (nSPS) is 11.2. The average molecular weight is 377 g/mol. The van der Waals surface area contributed by atoms with Crippen LogP contribution in [0.3, 0.4) is 0 Å². The number of aromatic nitrogens is 1. The van der Waals surface area contributed by atoms with Crippen LogP contribution in [-0.4, -0.2) is 28.2 Å². The van der Waals surface area contributed by atoms with Gasteiger partial charge in [-0.05, 0) is 61.4 Å². The van der Waals surface area contributed by atoms with Gasteiger partial charge in [0.1, 0.15) is 5.75 Å². The second-order valence-corrected chi connectivity index (χ2v) is 6.60. The van der Waals surface area contributed by atoms with Crippen LogP contribution in [0.1, 0.15) is 41.4 Å². The average Bonchev–Trinajstić information content (AvgIpc) is 3.03. The number of carboxylic acids is 1. The summed E-state index contributed by atoms with van der Waals surface area (Å²) in [5.41, 5.74) is 2.86. The summed E-state index contributed by atoms with van der Waals surface area (Å²) in [5.74, 6) is -0.391. The first-order valence-corrected chi connectivity index (χ1v) is 9.31. The van der Waals surface area contributed by atoms with E-state index in [0.717, 1.165) is 46.8 Å². The maximum Gasteiger partial charge on any atom is 0.328 e. The summed E-state index contributed by atoms with van der Waals surface area (Å²) in [6, 6.07) is 14.6. The van der Waals surface area contributed by atoms with Crippen molar-refractivity contribution >= 4 is 28.9 Å². The van der Waals surface area contributed by atoms with Crippen LogP contribution in [0, 0.1) is 6.92 Å². The molecule has 0 atom stereocenters. The number of rotatable bonds is 7. The number of unbranched alkanes of at least 4 members (excludes halogenated alkanes) is 1. The molecule has 0 aliphatic heterocycles. The maximum atomic E-state index is 13.1. The van der Waals surface area contributed by atoms with Crippen LogP contribution < -0.4 is 4.74 Å². The van der Waals surface area contributed by atoms with Gasteiger partial charge >= 0.3 is 5.97 Å². The molecule has 5 heteroatoms. The predicted molar refractivity (Wildman–Crippen MR) is 110 cm³/mol. The van der Waals surface area contributed by atoms with Crippen LogP contribution in [0.15, 0.2) is 54.6 Å². The number of aliphatic carboxylic acids is 1. The van der Waals surface area contributed by atoms with Gasteiger partial charge in [0.05, 0.1) is 12.1 Å². The van der Waals surface area contributed by atoms with E-state index in [4.69, 9.17) is 9.84 Å². The fourth-order valence-corrected chi connectivity index (χ4v) is 3.12. The van der Waals surface area contributed by atoms with Crippen LogP contribution in [-0.2, 0) is 4.79 Å². The van der Waals surface area contributed by atoms with E-state index >= 15 is 0 Å². The third-order valence-corrected chi connectivity index (χ3v) is 4.54. The van der Waals surface area contributed by atoms with E-state index in [2.05, 4.69) is 6.92 Å². The molecule has 5 nitrogen and oxygen atoms in total. The zero-order chi connectivity index (χ0) is 20.1. The quantitative estimate of drug-likeness (QED) is 0.469. The van der Waals surface area contributed by atoms with Gasteiger partial charge < -0.3 is 9.84 Å². The van der Waals surface area contributed by atoms with Crippen molar-refractivity contribution in [2.75, 3.05) is 6.61 Å². The molecule has 144 valence electrons. The number of nitrogens with zero attached hydrogens (tertiary/aromatic N) is 1. The van der Waals surface area contributed by atoms with Gasteiger partial charge in [0, 0.05) is 22.7 Å². The van der Waals surface area contributed by atoms with Crippen molar-refractivity contribution in [3.05, 3.63) is 71.4 Å². The zero-order valence-electron chi connectivity index (χ0n) is 16.0. The molecule has 0 unspecified atom stereocenters. The Morgan fingerprint density at radius 2 is 1.89 bits per heavy atom. The molecule has 0 fully saturated rings. The van der Waals surface area contributed by atoms with E-state index in [-0.39, 0.29) is 5.91 Å². The molecule has 0 aliphatic rings. The molecule has 1 N–H and O–H groups in total. The number of carbonyl (C=O) groups excluding carboxylic acids is 1. The molecule has 0 aliphatic carbocycles. The van der Waals surface area contributed by atoms with Crippen LogP contribution in [0.2, 0.25) is 0 Å². The van der Waals surface area contributed by atoms with Gasteiger partial charge in [-0.25, -0.2) is 4.79 Å². The Balaban J connectivity index is 1.92. The first-order valence-electron chi connectivity index (χ1n) is 9.31. The highest BCUT2D eigenvalue weighted by molar-refractivity contribution is 6.05. The Hall–Kier alpha value is -3.34. The molecule has 2 aromatic carbocycles. The molecular weight excluding hydrogens is 354 g/mol. The molecule has 1 aromatic heterocycles. The molecule has 0 amide bonds. The van der Waals surface area contributed by atoms with Gasteiger partial charge in [-0.15, -0.1) is 0 Å². The Morgan fingerprint density at radius 1 is 1.14 bits per heavy atom. The fourth-order valence-electron chi connectivity index (χ4n) is 3.12. The van der Waals surface area contributed by atoms with E-state index in [1.807, 2.05) is 43.3 Å². The van der Waals surface area contributed by atoms with Crippen LogP contribution in [0.4, 0.5) is 0 Å². The number of carbonyl (C=O) groups is 2. The lowest BCUT2D eigenvalue weighted by atomic mass is 10.1. The number of hydrogen-bond acceptors (Lipinski definition) is 3. The molecule has 3 aromatic rings. The van der Waals surface area contributed by atoms with Gasteiger partial charge in [-0.1, -0.05) is 25.5 Å². The minimum Gasteiger partial charge on any atom is -0.494 e. The zero-order valence-corrected chi connectivity index (χ0v) is 16.0. The monoisotopic (exact) mass is 377 g/mol. The lowest BCUT2D eigenvalue weighted by Crippen LogP contribution is -2.13. The second-order valence-electron chi connectivity index (χ2n) is 6.60. The summed E-state index contributed by atoms with van der Waals surface area (Å²) in [6.45, 7) is 4.64. The number of fused-ring (bicyclic) bond motifs is 1.